The molecule has 1 aliphatic rings. The van der Waals surface area contributed by atoms with Crippen LogP contribution in [0.3, 0.4) is 0 Å². The molecule has 28 heavy (non-hydrogen) atoms. The van der Waals surface area contributed by atoms with E-state index in [4.69, 9.17) is 4.74 Å². The second kappa shape index (κ2) is 7.91. The molecule has 10 nitrogen and oxygen atoms in total. The lowest BCUT2D eigenvalue weighted by Crippen LogP contribution is -2.20. The smallest absolute Gasteiger partial charge is 0.296 e. The summed E-state index contributed by atoms with van der Waals surface area (Å²) in [6.45, 7) is 1.45. The highest BCUT2D eigenvalue weighted by Crippen LogP contribution is 2.33. The number of methoxy groups -OCH3 is 1. The van der Waals surface area contributed by atoms with E-state index in [9.17, 15) is 25.0 Å². The summed E-state index contributed by atoms with van der Waals surface area (Å²) < 4.78 is 4.96. The number of nitro benzene ring substituents is 2. The van der Waals surface area contributed by atoms with Crippen molar-refractivity contribution in [3.05, 3.63) is 62.2 Å². The number of nitrogens with zero attached hydrogens (tertiary/aromatic N) is 3. The quantitative estimate of drug-likeness (QED) is 0.595. The van der Waals surface area contributed by atoms with E-state index in [0.717, 1.165) is 25.9 Å². The van der Waals surface area contributed by atoms with Crippen LogP contribution in [0.25, 0.3) is 0 Å². The number of amides is 1. The Labute approximate surface area is 160 Å². The number of nitro groups is 2. The van der Waals surface area contributed by atoms with Crippen LogP contribution in [-0.4, -0.2) is 36.0 Å². The number of carbonyl (C=O) groups is 1. The van der Waals surface area contributed by atoms with Gasteiger partial charge < -0.3 is 15.0 Å². The summed E-state index contributed by atoms with van der Waals surface area (Å²) in [6.07, 6.45) is 1.92. The average molecular weight is 386 g/mol. The van der Waals surface area contributed by atoms with Gasteiger partial charge in [0.25, 0.3) is 17.3 Å². The predicted molar refractivity (Wildman–Crippen MR) is 102 cm³/mol. The van der Waals surface area contributed by atoms with Gasteiger partial charge in [0.1, 0.15) is 17.1 Å². The number of rotatable bonds is 6. The Morgan fingerprint density at radius 3 is 2.32 bits per heavy atom. The van der Waals surface area contributed by atoms with Crippen molar-refractivity contribution in [1.82, 2.24) is 0 Å². The molecule has 146 valence electrons. The maximum Gasteiger partial charge on any atom is 0.296 e. The van der Waals surface area contributed by atoms with Gasteiger partial charge in [-0.1, -0.05) is 0 Å². The van der Waals surface area contributed by atoms with E-state index >= 15 is 0 Å². The predicted octanol–water partition coefficient (Wildman–Crippen LogP) is 3.36. The van der Waals surface area contributed by atoms with Crippen molar-refractivity contribution in [1.29, 1.82) is 0 Å². The van der Waals surface area contributed by atoms with E-state index < -0.39 is 15.8 Å². The van der Waals surface area contributed by atoms with Crippen LogP contribution in [-0.2, 0) is 0 Å². The fraction of sp³-hybridized carbons (Fsp3) is 0.278. The topological polar surface area (TPSA) is 128 Å². The molecule has 2 aromatic carbocycles. The van der Waals surface area contributed by atoms with Crippen LogP contribution in [0, 0.1) is 20.2 Å². The minimum absolute atomic E-state index is 0.0259. The van der Waals surface area contributed by atoms with E-state index in [2.05, 4.69) is 5.32 Å². The van der Waals surface area contributed by atoms with Gasteiger partial charge in [0, 0.05) is 24.7 Å². The fourth-order valence-corrected chi connectivity index (χ4v) is 3.13. The van der Waals surface area contributed by atoms with Crippen LogP contribution in [0.5, 0.6) is 5.75 Å². The molecule has 1 N–H and O–H groups in total. The third-order valence-electron chi connectivity index (χ3n) is 4.53. The van der Waals surface area contributed by atoms with Crippen molar-refractivity contribution in [2.75, 3.05) is 30.4 Å². The molecule has 1 saturated heterocycles. The van der Waals surface area contributed by atoms with Gasteiger partial charge in [-0.15, -0.1) is 0 Å². The molecule has 3 rings (SSSR count). The summed E-state index contributed by atoms with van der Waals surface area (Å²) in [5.41, 5.74) is -0.0222. The van der Waals surface area contributed by atoms with Gasteiger partial charge in [-0.2, -0.15) is 0 Å². The molecule has 0 bridgehead atoms. The molecule has 0 aliphatic carbocycles. The maximum atomic E-state index is 12.5. The first-order chi connectivity index (χ1) is 13.4. The number of carbonyl (C=O) groups excluding carboxylic acids is 1. The van der Waals surface area contributed by atoms with Gasteiger partial charge in [0.2, 0.25) is 0 Å². The molecule has 1 fully saturated rings. The first-order valence-corrected chi connectivity index (χ1v) is 8.58. The summed E-state index contributed by atoms with van der Waals surface area (Å²) in [5.74, 6) is -0.403. The van der Waals surface area contributed by atoms with Gasteiger partial charge in [-0.05, 0) is 37.1 Å². The lowest BCUT2D eigenvalue weighted by Gasteiger charge is -2.17. The Morgan fingerprint density at radius 2 is 1.71 bits per heavy atom. The Balaban J connectivity index is 1.90. The second-order valence-corrected chi connectivity index (χ2v) is 6.25. The highest BCUT2D eigenvalue weighted by molar-refractivity contribution is 6.06. The first kappa shape index (κ1) is 19.1. The minimum atomic E-state index is -0.677. The molecule has 0 atom stereocenters. The van der Waals surface area contributed by atoms with E-state index in [1.807, 2.05) is 4.90 Å². The minimum Gasteiger partial charge on any atom is -0.496 e. The summed E-state index contributed by atoms with van der Waals surface area (Å²) in [6, 6.07) is 8.22. The van der Waals surface area contributed by atoms with Crippen LogP contribution < -0.4 is 15.0 Å². The maximum absolute atomic E-state index is 12.5. The zero-order valence-electron chi connectivity index (χ0n) is 15.1. The summed E-state index contributed by atoms with van der Waals surface area (Å²) in [7, 11) is 1.37. The molecule has 0 unspecified atom stereocenters. The van der Waals surface area contributed by atoms with Crippen LogP contribution in [0.15, 0.2) is 36.4 Å². The van der Waals surface area contributed by atoms with Crippen LogP contribution in [0.4, 0.5) is 22.7 Å². The first-order valence-electron chi connectivity index (χ1n) is 8.58. The number of ether oxygens (including phenoxy) is 1. The molecular formula is C18H18N4O6. The largest absolute Gasteiger partial charge is 0.496 e. The molecular weight excluding hydrogens is 368 g/mol. The van der Waals surface area contributed by atoms with Gasteiger partial charge in [0.15, 0.2) is 0 Å². The Morgan fingerprint density at radius 1 is 1.04 bits per heavy atom. The number of hydrogen-bond acceptors (Lipinski definition) is 7. The fourth-order valence-electron chi connectivity index (χ4n) is 3.13. The molecule has 10 heteroatoms. The SMILES string of the molecule is COc1ccc(NC(=O)c2ccc(N3CCCC3)c([N+](=O)[O-])c2)c([N+](=O)[O-])c1. The van der Waals surface area contributed by atoms with E-state index in [1.165, 1.54) is 37.4 Å². The third kappa shape index (κ3) is 3.85. The number of nitrogens with one attached hydrogen (secondary N) is 1. The van der Waals surface area contributed by atoms with Gasteiger partial charge >= 0.3 is 0 Å². The Bertz CT molecular complexity index is 940. The van der Waals surface area contributed by atoms with Crippen molar-refractivity contribution >= 4 is 28.7 Å². The van der Waals surface area contributed by atoms with Gasteiger partial charge in [0.05, 0.1) is 23.0 Å². The normalized spacial score (nSPS) is 13.2. The molecule has 0 spiro atoms. The van der Waals surface area contributed by atoms with Crippen LogP contribution in [0.2, 0.25) is 0 Å². The standard InChI is InChI=1S/C18H18N4O6/c1-28-13-5-6-14(16(11-13)21(24)25)19-18(23)12-4-7-15(17(10-12)22(26)27)20-8-2-3-9-20/h4-7,10-11H,2-3,8-9H2,1H3,(H,19,23). The zero-order valence-corrected chi connectivity index (χ0v) is 15.1. The third-order valence-corrected chi connectivity index (χ3v) is 4.53. The molecule has 1 amide bonds. The Kier molecular flexibility index (Phi) is 5.39. The highest BCUT2D eigenvalue weighted by Gasteiger charge is 2.25. The van der Waals surface area contributed by atoms with Crippen molar-refractivity contribution in [3.8, 4) is 5.75 Å². The molecule has 0 radical (unpaired) electrons. The highest BCUT2D eigenvalue weighted by atomic mass is 16.6. The number of anilines is 2. The monoisotopic (exact) mass is 386 g/mol. The van der Waals surface area contributed by atoms with Crippen molar-refractivity contribution < 1.29 is 19.4 Å². The van der Waals surface area contributed by atoms with Crippen LogP contribution >= 0.6 is 0 Å². The summed E-state index contributed by atoms with van der Waals surface area (Å²) in [5, 5.41) is 25.2. The molecule has 0 aromatic heterocycles. The summed E-state index contributed by atoms with van der Waals surface area (Å²) in [4.78, 5) is 36.0. The molecule has 1 aliphatic heterocycles. The lowest BCUT2D eigenvalue weighted by molar-refractivity contribution is -0.384. The van der Waals surface area contributed by atoms with Crippen molar-refractivity contribution in [3.63, 3.8) is 0 Å². The molecule has 0 saturated carbocycles. The Hall–Kier alpha value is -3.69. The van der Waals surface area contributed by atoms with Gasteiger partial charge in [-0.25, -0.2) is 0 Å². The molecule has 1 heterocycles. The van der Waals surface area contributed by atoms with Crippen molar-refractivity contribution in [2.45, 2.75) is 12.8 Å². The second-order valence-electron chi connectivity index (χ2n) is 6.25. The number of hydrogen-bond donors (Lipinski definition) is 1. The zero-order chi connectivity index (χ0) is 20.3. The van der Waals surface area contributed by atoms with Crippen LogP contribution in [0.1, 0.15) is 23.2 Å². The number of benzene rings is 2. The van der Waals surface area contributed by atoms with E-state index in [-0.39, 0.29) is 28.4 Å². The lowest BCUT2D eigenvalue weighted by atomic mass is 10.1. The van der Waals surface area contributed by atoms with Gasteiger partial charge in [-0.3, -0.25) is 25.0 Å². The molecule has 2 aromatic rings. The van der Waals surface area contributed by atoms with E-state index in [1.54, 1.807) is 6.07 Å². The van der Waals surface area contributed by atoms with E-state index in [0.29, 0.717) is 5.69 Å². The average Bonchev–Trinajstić information content (AvgIpc) is 3.22. The summed E-state index contributed by atoms with van der Waals surface area (Å²) >= 11 is 0. The van der Waals surface area contributed by atoms with Crippen molar-refractivity contribution in [2.24, 2.45) is 0 Å².